The molecule has 4 nitrogen and oxygen atoms in total. The van der Waals surface area contributed by atoms with Gasteiger partial charge in [-0.05, 0) is 55.2 Å². The number of rotatable bonds is 7. The number of hydrogen-bond donors (Lipinski definition) is 1. The normalized spacial score (nSPS) is 18.2. The Morgan fingerprint density at radius 3 is 2.67 bits per heavy atom. The molecule has 6 heteroatoms. The van der Waals surface area contributed by atoms with Gasteiger partial charge in [0.25, 0.3) is 0 Å². The van der Waals surface area contributed by atoms with Crippen molar-refractivity contribution >= 4 is 28.9 Å². The molecule has 1 unspecified atom stereocenters. The van der Waals surface area contributed by atoms with Crippen LogP contribution in [0.5, 0.6) is 5.75 Å². The Morgan fingerprint density at radius 1 is 1.11 bits per heavy atom. The van der Waals surface area contributed by atoms with E-state index in [4.69, 9.17) is 38.4 Å². The largest absolute Gasteiger partial charge is 0.491 e. The zero-order chi connectivity index (χ0) is 19.1. The Labute approximate surface area is 171 Å². The summed E-state index contributed by atoms with van der Waals surface area (Å²) in [5.41, 5.74) is 7.76. The van der Waals surface area contributed by atoms with Gasteiger partial charge >= 0.3 is 0 Å². The number of halogens is 2. The Morgan fingerprint density at radius 2 is 1.89 bits per heavy atom. The molecule has 0 saturated carbocycles. The number of nitrogen functional groups attached to an aromatic ring is 1. The van der Waals surface area contributed by atoms with Crippen LogP contribution in [0.2, 0.25) is 10.0 Å². The molecule has 1 atom stereocenters. The molecule has 1 saturated heterocycles. The van der Waals surface area contributed by atoms with E-state index in [0.717, 1.165) is 50.5 Å². The van der Waals surface area contributed by atoms with Crippen LogP contribution in [0, 0.1) is 0 Å². The fraction of sp³-hybridized carbons (Fsp3) is 0.429. The lowest BCUT2D eigenvalue weighted by molar-refractivity contribution is 0.0542. The molecule has 2 aromatic carbocycles. The van der Waals surface area contributed by atoms with E-state index in [1.807, 2.05) is 18.2 Å². The van der Waals surface area contributed by atoms with Crippen molar-refractivity contribution in [3.05, 3.63) is 58.1 Å². The number of nitrogens with zero attached hydrogens (tertiary/aromatic N) is 1. The Balaban J connectivity index is 1.44. The van der Waals surface area contributed by atoms with E-state index >= 15 is 0 Å². The first-order chi connectivity index (χ1) is 13.1. The topological polar surface area (TPSA) is 47.7 Å². The highest BCUT2D eigenvalue weighted by atomic mass is 35.5. The van der Waals surface area contributed by atoms with E-state index < -0.39 is 0 Å². The van der Waals surface area contributed by atoms with Gasteiger partial charge in [-0.15, -0.1) is 0 Å². The molecule has 0 spiro atoms. The van der Waals surface area contributed by atoms with E-state index in [2.05, 4.69) is 17.0 Å². The highest BCUT2D eigenvalue weighted by Crippen LogP contribution is 2.25. The summed E-state index contributed by atoms with van der Waals surface area (Å²) < 4.78 is 11.8. The summed E-state index contributed by atoms with van der Waals surface area (Å²) in [6.45, 7) is 4.41. The van der Waals surface area contributed by atoms with Crippen LogP contribution in [0.4, 0.5) is 5.69 Å². The van der Waals surface area contributed by atoms with Crippen LogP contribution in [-0.2, 0) is 11.2 Å². The van der Waals surface area contributed by atoms with Crippen molar-refractivity contribution in [2.45, 2.75) is 25.4 Å². The quantitative estimate of drug-likeness (QED) is 0.533. The molecule has 3 rings (SSSR count). The van der Waals surface area contributed by atoms with E-state index in [1.54, 1.807) is 12.1 Å². The van der Waals surface area contributed by atoms with Crippen molar-refractivity contribution in [3.63, 3.8) is 0 Å². The fourth-order valence-electron chi connectivity index (χ4n) is 3.30. The van der Waals surface area contributed by atoms with Gasteiger partial charge < -0.3 is 20.1 Å². The summed E-state index contributed by atoms with van der Waals surface area (Å²) in [5.74, 6) is 0.694. The van der Waals surface area contributed by atoms with Crippen LogP contribution in [-0.4, -0.2) is 43.9 Å². The van der Waals surface area contributed by atoms with Gasteiger partial charge in [-0.3, -0.25) is 0 Å². The molecule has 1 heterocycles. The molecule has 1 fully saturated rings. The van der Waals surface area contributed by atoms with Gasteiger partial charge in [0.05, 0.1) is 18.4 Å². The maximum Gasteiger partial charge on any atom is 0.142 e. The SMILES string of the molecule is Nc1cc(Cl)ccc1OCCCN1CCCOC(Cc2ccc(Cl)cc2)C1. The molecule has 0 bridgehead atoms. The zero-order valence-electron chi connectivity index (χ0n) is 15.4. The van der Waals surface area contributed by atoms with Crippen LogP contribution < -0.4 is 10.5 Å². The van der Waals surface area contributed by atoms with Gasteiger partial charge in [0.1, 0.15) is 5.75 Å². The van der Waals surface area contributed by atoms with Gasteiger partial charge in [-0.2, -0.15) is 0 Å². The van der Waals surface area contributed by atoms with Gasteiger partial charge in [-0.25, -0.2) is 0 Å². The molecule has 1 aliphatic rings. The Hall–Kier alpha value is -1.46. The van der Waals surface area contributed by atoms with E-state index in [9.17, 15) is 0 Å². The highest BCUT2D eigenvalue weighted by molar-refractivity contribution is 6.31. The first-order valence-corrected chi connectivity index (χ1v) is 10.1. The van der Waals surface area contributed by atoms with Crippen molar-refractivity contribution < 1.29 is 9.47 Å². The van der Waals surface area contributed by atoms with Crippen molar-refractivity contribution in [1.82, 2.24) is 4.90 Å². The third kappa shape index (κ3) is 6.58. The Bertz CT molecular complexity index is 725. The minimum absolute atomic E-state index is 0.210. The molecule has 2 aromatic rings. The Kier molecular flexibility index (Phi) is 7.65. The predicted octanol–water partition coefficient (Wildman–Crippen LogP) is 4.68. The molecular formula is C21H26Cl2N2O2. The zero-order valence-corrected chi connectivity index (χ0v) is 16.9. The molecule has 0 amide bonds. The van der Waals surface area contributed by atoms with Crippen molar-refractivity contribution in [2.75, 3.05) is 38.6 Å². The van der Waals surface area contributed by atoms with Crippen molar-refractivity contribution in [1.29, 1.82) is 0 Å². The number of anilines is 1. The maximum atomic E-state index is 6.03. The van der Waals surface area contributed by atoms with Gasteiger partial charge in [-0.1, -0.05) is 35.3 Å². The molecule has 2 N–H and O–H groups in total. The summed E-state index contributed by atoms with van der Waals surface area (Å²) in [4.78, 5) is 2.46. The second kappa shape index (κ2) is 10.2. The number of nitrogens with two attached hydrogens (primary N) is 1. The van der Waals surface area contributed by atoms with E-state index in [-0.39, 0.29) is 6.10 Å². The lowest BCUT2D eigenvalue weighted by Crippen LogP contribution is -2.34. The number of hydrogen-bond acceptors (Lipinski definition) is 4. The third-order valence-corrected chi connectivity index (χ3v) is 5.15. The number of ether oxygens (including phenoxy) is 2. The summed E-state index contributed by atoms with van der Waals surface area (Å²) in [6.07, 6.45) is 3.12. The molecule has 0 aromatic heterocycles. The summed E-state index contributed by atoms with van der Waals surface area (Å²) in [7, 11) is 0. The first-order valence-electron chi connectivity index (χ1n) is 9.36. The van der Waals surface area contributed by atoms with E-state index in [0.29, 0.717) is 23.1 Å². The van der Waals surface area contributed by atoms with Crippen LogP contribution in [0.15, 0.2) is 42.5 Å². The average Bonchev–Trinajstić information content (AvgIpc) is 2.87. The fourth-order valence-corrected chi connectivity index (χ4v) is 3.61. The van der Waals surface area contributed by atoms with Gasteiger partial charge in [0.15, 0.2) is 0 Å². The second-order valence-electron chi connectivity index (χ2n) is 6.86. The molecule has 1 aliphatic heterocycles. The third-order valence-electron chi connectivity index (χ3n) is 4.66. The van der Waals surface area contributed by atoms with Crippen molar-refractivity contribution in [3.8, 4) is 5.75 Å². The smallest absolute Gasteiger partial charge is 0.142 e. The summed E-state index contributed by atoms with van der Waals surface area (Å²) in [6, 6.07) is 13.3. The van der Waals surface area contributed by atoms with Crippen LogP contribution in [0.1, 0.15) is 18.4 Å². The molecule has 27 heavy (non-hydrogen) atoms. The first kappa shape index (κ1) is 20.3. The monoisotopic (exact) mass is 408 g/mol. The van der Waals surface area contributed by atoms with Crippen LogP contribution in [0.25, 0.3) is 0 Å². The van der Waals surface area contributed by atoms with E-state index in [1.165, 1.54) is 5.56 Å². The predicted molar refractivity (Wildman–Crippen MR) is 112 cm³/mol. The number of benzene rings is 2. The summed E-state index contributed by atoms with van der Waals surface area (Å²) in [5, 5.41) is 1.39. The maximum absolute atomic E-state index is 6.03. The minimum Gasteiger partial charge on any atom is -0.491 e. The van der Waals surface area contributed by atoms with Gasteiger partial charge in [0.2, 0.25) is 0 Å². The summed E-state index contributed by atoms with van der Waals surface area (Å²) >= 11 is 11.9. The molecular weight excluding hydrogens is 383 g/mol. The van der Waals surface area contributed by atoms with Crippen LogP contribution in [0.3, 0.4) is 0 Å². The van der Waals surface area contributed by atoms with Crippen LogP contribution >= 0.6 is 23.2 Å². The lowest BCUT2D eigenvalue weighted by atomic mass is 10.1. The molecule has 0 aliphatic carbocycles. The van der Waals surface area contributed by atoms with Gasteiger partial charge in [0, 0.05) is 36.3 Å². The standard InChI is InChI=1S/C21H26Cl2N2O2/c22-17-5-3-16(4-6-17)13-19-15-25(9-1-11-26-19)10-2-12-27-21-8-7-18(23)14-20(21)24/h3-8,14,19H,1-2,9-13,15,24H2. The minimum atomic E-state index is 0.210. The lowest BCUT2D eigenvalue weighted by Gasteiger charge is -2.24. The second-order valence-corrected chi connectivity index (χ2v) is 7.73. The average molecular weight is 409 g/mol. The molecule has 146 valence electrons. The van der Waals surface area contributed by atoms with Crippen molar-refractivity contribution in [2.24, 2.45) is 0 Å². The highest BCUT2D eigenvalue weighted by Gasteiger charge is 2.19. The molecule has 0 radical (unpaired) electrons.